The van der Waals surface area contributed by atoms with E-state index in [0.29, 0.717) is 6.04 Å². The molecule has 2 heterocycles. The van der Waals surface area contributed by atoms with Gasteiger partial charge in [0, 0.05) is 37.2 Å². The molecule has 1 unspecified atom stereocenters. The minimum absolute atomic E-state index is 0. The van der Waals surface area contributed by atoms with Crippen molar-refractivity contribution in [1.82, 2.24) is 10.3 Å². The molecule has 15 heavy (non-hydrogen) atoms. The van der Waals surface area contributed by atoms with Crippen molar-refractivity contribution in [2.75, 3.05) is 25.0 Å². The fraction of sp³-hybridized carbons (Fsp3) is 0.500. The van der Waals surface area contributed by atoms with Gasteiger partial charge in [-0.15, -0.1) is 24.8 Å². The summed E-state index contributed by atoms with van der Waals surface area (Å²) in [5, 5.41) is 3.31. The zero-order valence-electron chi connectivity index (χ0n) is 8.72. The van der Waals surface area contributed by atoms with Crippen molar-refractivity contribution < 1.29 is 0 Å². The number of nitrogens with one attached hydrogen (secondary N) is 1. The largest absolute Gasteiger partial charge is 0.370 e. The van der Waals surface area contributed by atoms with Crippen LogP contribution in [0.25, 0.3) is 0 Å². The summed E-state index contributed by atoms with van der Waals surface area (Å²) in [4.78, 5) is 6.41. The van der Waals surface area contributed by atoms with Gasteiger partial charge in [-0.25, -0.2) is 0 Å². The van der Waals surface area contributed by atoms with Crippen molar-refractivity contribution in [3.8, 4) is 0 Å². The molecule has 0 radical (unpaired) electrons. The van der Waals surface area contributed by atoms with Gasteiger partial charge in [0.1, 0.15) is 0 Å². The molecule has 3 nitrogen and oxygen atoms in total. The van der Waals surface area contributed by atoms with Crippen LogP contribution in [0.15, 0.2) is 24.5 Å². The Morgan fingerprint density at radius 3 is 2.53 bits per heavy atom. The van der Waals surface area contributed by atoms with Gasteiger partial charge in [-0.2, -0.15) is 0 Å². The topological polar surface area (TPSA) is 28.2 Å². The fourth-order valence-electron chi connectivity index (χ4n) is 1.79. The first-order chi connectivity index (χ1) is 6.40. The van der Waals surface area contributed by atoms with Crippen LogP contribution >= 0.6 is 24.8 Å². The molecule has 1 fully saturated rings. The SMILES string of the molecule is CNC1CCN(c2ccncc2)C1.Cl.Cl. The van der Waals surface area contributed by atoms with Crippen LogP contribution in [0.1, 0.15) is 6.42 Å². The van der Waals surface area contributed by atoms with Crippen molar-refractivity contribution in [3.63, 3.8) is 0 Å². The summed E-state index contributed by atoms with van der Waals surface area (Å²) >= 11 is 0. The summed E-state index contributed by atoms with van der Waals surface area (Å²) in [6.45, 7) is 2.26. The summed E-state index contributed by atoms with van der Waals surface area (Å²) < 4.78 is 0. The molecule has 5 heteroatoms. The highest BCUT2D eigenvalue weighted by molar-refractivity contribution is 5.85. The maximum atomic E-state index is 4.01. The summed E-state index contributed by atoms with van der Waals surface area (Å²) in [5.41, 5.74) is 1.28. The number of pyridine rings is 1. The van der Waals surface area contributed by atoms with Crippen LogP contribution in [0, 0.1) is 0 Å². The number of rotatable bonds is 2. The lowest BCUT2D eigenvalue weighted by Crippen LogP contribution is -2.29. The van der Waals surface area contributed by atoms with E-state index in [-0.39, 0.29) is 24.8 Å². The normalized spacial score (nSPS) is 19.3. The van der Waals surface area contributed by atoms with Crippen molar-refractivity contribution in [3.05, 3.63) is 24.5 Å². The highest BCUT2D eigenvalue weighted by Crippen LogP contribution is 2.18. The molecule has 0 aromatic carbocycles. The van der Waals surface area contributed by atoms with Gasteiger partial charge in [-0.05, 0) is 25.6 Å². The van der Waals surface area contributed by atoms with E-state index in [1.165, 1.54) is 12.1 Å². The third-order valence-electron chi connectivity index (χ3n) is 2.62. The number of likely N-dealkylation sites (N-methyl/N-ethyl adjacent to an activating group) is 1. The number of nitrogens with zero attached hydrogens (tertiary/aromatic N) is 2. The predicted molar refractivity (Wildman–Crippen MR) is 68.4 cm³/mol. The van der Waals surface area contributed by atoms with Gasteiger partial charge in [-0.3, -0.25) is 4.98 Å². The van der Waals surface area contributed by atoms with E-state index in [9.17, 15) is 0 Å². The van der Waals surface area contributed by atoms with Crippen LogP contribution in [-0.4, -0.2) is 31.2 Å². The lowest BCUT2D eigenvalue weighted by atomic mass is 10.3. The Morgan fingerprint density at radius 1 is 1.33 bits per heavy atom. The van der Waals surface area contributed by atoms with E-state index in [1.807, 2.05) is 19.4 Å². The Bertz CT molecular complexity index is 269. The Morgan fingerprint density at radius 2 is 2.00 bits per heavy atom. The van der Waals surface area contributed by atoms with Gasteiger partial charge in [-0.1, -0.05) is 0 Å². The predicted octanol–water partition coefficient (Wildman–Crippen LogP) is 1.72. The Labute approximate surface area is 103 Å². The summed E-state index contributed by atoms with van der Waals surface area (Å²) in [6, 6.07) is 4.78. The standard InChI is InChI=1S/C10H15N3.2ClH/c1-11-9-4-7-13(8-9)10-2-5-12-6-3-10;;/h2-3,5-6,9,11H,4,7-8H2,1H3;2*1H. The zero-order chi connectivity index (χ0) is 9.10. The maximum absolute atomic E-state index is 4.01. The average molecular weight is 250 g/mol. The van der Waals surface area contributed by atoms with Crippen LogP contribution < -0.4 is 10.2 Å². The van der Waals surface area contributed by atoms with Crippen LogP contribution in [0.4, 0.5) is 5.69 Å². The first-order valence-corrected chi connectivity index (χ1v) is 4.72. The van der Waals surface area contributed by atoms with Crippen LogP contribution in [0.2, 0.25) is 0 Å². The Balaban J connectivity index is 0.000000980. The minimum Gasteiger partial charge on any atom is -0.370 e. The molecular formula is C10H17Cl2N3. The average Bonchev–Trinajstić information content (AvgIpc) is 2.67. The Kier molecular flexibility index (Phi) is 6.65. The fourth-order valence-corrected chi connectivity index (χ4v) is 1.79. The second kappa shape index (κ2) is 6.88. The quantitative estimate of drug-likeness (QED) is 0.866. The molecule has 0 spiro atoms. The number of hydrogen-bond donors (Lipinski definition) is 1. The zero-order valence-corrected chi connectivity index (χ0v) is 10.4. The molecule has 1 atom stereocenters. The third kappa shape index (κ3) is 3.52. The van der Waals surface area contributed by atoms with E-state index >= 15 is 0 Å². The molecular weight excluding hydrogens is 233 g/mol. The lowest BCUT2D eigenvalue weighted by molar-refractivity contribution is 0.617. The van der Waals surface area contributed by atoms with Crippen molar-refractivity contribution >= 4 is 30.5 Å². The van der Waals surface area contributed by atoms with Gasteiger partial charge in [0.15, 0.2) is 0 Å². The second-order valence-corrected chi connectivity index (χ2v) is 3.43. The second-order valence-electron chi connectivity index (χ2n) is 3.43. The molecule has 1 N–H and O–H groups in total. The molecule has 86 valence electrons. The monoisotopic (exact) mass is 249 g/mol. The molecule has 1 aliphatic heterocycles. The Hall–Kier alpha value is -0.510. The molecule has 0 amide bonds. The summed E-state index contributed by atoms with van der Waals surface area (Å²) in [5.74, 6) is 0. The van der Waals surface area contributed by atoms with Crippen LogP contribution in [0.5, 0.6) is 0 Å². The van der Waals surface area contributed by atoms with E-state index in [2.05, 4.69) is 27.3 Å². The van der Waals surface area contributed by atoms with Crippen molar-refractivity contribution in [1.29, 1.82) is 0 Å². The van der Waals surface area contributed by atoms with Gasteiger partial charge >= 0.3 is 0 Å². The molecule has 1 aliphatic rings. The molecule has 1 aromatic heterocycles. The highest BCUT2D eigenvalue weighted by Gasteiger charge is 2.20. The molecule has 1 saturated heterocycles. The first-order valence-electron chi connectivity index (χ1n) is 4.72. The molecule has 0 saturated carbocycles. The highest BCUT2D eigenvalue weighted by atomic mass is 35.5. The minimum atomic E-state index is 0. The van der Waals surface area contributed by atoms with Crippen molar-refractivity contribution in [2.24, 2.45) is 0 Å². The van der Waals surface area contributed by atoms with Crippen LogP contribution in [-0.2, 0) is 0 Å². The third-order valence-corrected chi connectivity index (χ3v) is 2.62. The van der Waals surface area contributed by atoms with Gasteiger partial charge in [0.2, 0.25) is 0 Å². The van der Waals surface area contributed by atoms with E-state index in [4.69, 9.17) is 0 Å². The van der Waals surface area contributed by atoms with E-state index in [1.54, 1.807) is 0 Å². The number of anilines is 1. The maximum Gasteiger partial charge on any atom is 0.0397 e. The molecule has 0 bridgehead atoms. The molecule has 0 aliphatic carbocycles. The molecule has 1 aromatic rings. The molecule has 2 rings (SSSR count). The summed E-state index contributed by atoms with van der Waals surface area (Å²) in [7, 11) is 2.03. The number of hydrogen-bond acceptors (Lipinski definition) is 3. The smallest absolute Gasteiger partial charge is 0.0397 e. The lowest BCUT2D eigenvalue weighted by Gasteiger charge is -2.17. The summed E-state index contributed by atoms with van der Waals surface area (Å²) in [6.07, 6.45) is 4.93. The van der Waals surface area contributed by atoms with E-state index in [0.717, 1.165) is 13.1 Å². The van der Waals surface area contributed by atoms with Gasteiger partial charge in [0.25, 0.3) is 0 Å². The van der Waals surface area contributed by atoms with Gasteiger partial charge < -0.3 is 10.2 Å². The number of halogens is 2. The van der Waals surface area contributed by atoms with E-state index < -0.39 is 0 Å². The first kappa shape index (κ1) is 14.5. The van der Waals surface area contributed by atoms with Crippen molar-refractivity contribution in [2.45, 2.75) is 12.5 Å². The van der Waals surface area contributed by atoms with Crippen LogP contribution in [0.3, 0.4) is 0 Å². The number of aromatic nitrogens is 1. The van der Waals surface area contributed by atoms with Gasteiger partial charge in [0.05, 0.1) is 0 Å².